The Morgan fingerprint density at radius 1 is 0.786 bits per heavy atom. The van der Waals surface area contributed by atoms with Gasteiger partial charge in [0.1, 0.15) is 0 Å². The van der Waals surface area contributed by atoms with Gasteiger partial charge in [-0.05, 0) is 47.4 Å². The van der Waals surface area contributed by atoms with Crippen molar-refractivity contribution in [3.8, 4) is 11.1 Å². The van der Waals surface area contributed by atoms with Crippen molar-refractivity contribution >= 4 is 11.8 Å². The van der Waals surface area contributed by atoms with E-state index in [1.165, 1.54) is 0 Å². The molecule has 0 aliphatic carbocycles. The summed E-state index contributed by atoms with van der Waals surface area (Å²) in [6.45, 7) is 1.98. The van der Waals surface area contributed by atoms with Gasteiger partial charge in [0.2, 0.25) is 0 Å². The predicted octanol–water partition coefficient (Wildman–Crippen LogP) is 4.35. The lowest BCUT2D eigenvalue weighted by Crippen LogP contribution is -2.28. The molecule has 3 aromatic carbocycles. The molecule has 5 heteroatoms. The maximum atomic E-state index is 12.6. The highest BCUT2D eigenvalue weighted by atomic mass is 16.5. The summed E-state index contributed by atoms with van der Waals surface area (Å²) < 4.78 is 0. The van der Waals surface area contributed by atoms with Gasteiger partial charge in [0.05, 0.1) is 6.04 Å². The zero-order valence-corrected chi connectivity index (χ0v) is 15.6. The van der Waals surface area contributed by atoms with Crippen molar-refractivity contribution in [3.05, 3.63) is 95.6 Å². The summed E-state index contributed by atoms with van der Waals surface area (Å²) >= 11 is 0. The summed E-state index contributed by atoms with van der Waals surface area (Å²) in [5.74, 6) is -0.717. The minimum atomic E-state index is -0.567. The van der Waals surface area contributed by atoms with Crippen molar-refractivity contribution in [1.82, 2.24) is 10.8 Å². The van der Waals surface area contributed by atoms with Crippen molar-refractivity contribution in [3.63, 3.8) is 0 Å². The molecule has 2 amide bonds. The van der Waals surface area contributed by atoms with Crippen LogP contribution in [0.4, 0.5) is 0 Å². The van der Waals surface area contributed by atoms with Gasteiger partial charge in [-0.1, -0.05) is 61.5 Å². The van der Waals surface area contributed by atoms with Gasteiger partial charge in [-0.15, -0.1) is 0 Å². The number of hydrogen-bond donors (Lipinski definition) is 3. The molecule has 3 rings (SSSR count). The van der Waals surface area contributed by atoms with Gasteiger partial charge in [0, 0.05) is 11.1 Å². The van der Waals surface area contributed by atoms with E-state index in [0.29, 0.717) is 17.5 Å². The van der Waals surface area contributed by atoms with Crippen LogP contribution in [0, 0.1) is 0 Å². The van der Waals surface area contributed by atoms with E-state index in [9.17, 15) is 9.59 Å². The van der Waals surface area contributed by atoms with E-state index in [1.54, 1.807) is 29.7 Å². The standard InChI is InChI=1S/C23H22N2O3/c1-2-21(18-10-14-20(15-11-18)23(27)25-28)24-22(26)19-12-8-17(9-13-19)16-6-4-3-5-7-16/h3-15,21,28H,2H2,1H3,(H,24,26)(H,25,27). The Hall–Kier alpha value is -3.44. The van der Waals surface area contributed by atoms with Crippen LogP contribution in [0.3, 0.4) is 0 Å². The Bertz CT molecular complexity index is 936. The number of nitrogens with one attached hydrogen (secondary N) is 2. The second-order valence-electron chi connectivity index (χ2n) is 6.44. The average molecular weight is 374 g/mol. The maximum Gasteiger partial charge on any atom is 0.274 e. The predicted molar refractivity (Wildman–Crippen MR) is 108 cm³/mol. The Balaban J connectivity index is 1.71. The first-order valence-corrected chi connectivity index (χ1v) is 9.13. The molecule has 3 N–H and O–H groups in total. The maximum absolute atomic E-state index is 12.6. The molecular formula is C23H22N2O3. The van der Waals surface area contributed by atoms with E-state index < -0.39 is 5.91 Å². The van der Waals surface area contributed by atoms with Gasteiger partial charge >= 0.3 is 0 Å². The molecule has 0 heterocycles. The van der Waals surface area contributed by atoms with Crippen LogP contribution in [0.25, 0.3) is 11.1 Å². The van der Waals surface area contributed by atoms with Gasteiger partial charge in [0.25, 0.3) is 11.8 Å². The number of rotatable bonds is 6. The van der Waals surface area contributed by atoms with E-state index in [1.807, 2.05) is 61.5 Å². The number of carbonyl (C=O) groups is 2. The Morgan fingerprint density at radius 2 is 1.32 bits per heavy atom. The normalized spacial score (nSPS) is 11.5. The molecule has 1 unspecified atom stereocenters. The van der Waals surface area contributed by atoms with Crippen LogP contribution in [-0.2, 0) is 0 Å². The van der Waals surface area contributed by atoms with Crippen molar-refractivity contribution in [2.45, 2.75) is 19.4 Å². The monoisotopic (exact) mass is 374 g/mol. The van der Waals surface area contributed by atoms with Crippen molar-refractivity contribution in [1.29, 1.82) is 0 Å². The van der Waals surface area contributed by atoms with Crippen molar-refractivity contribution < 1.29 is 14.8 Å². The Morgan fingerprint density at radius 3 is 1.89 bits per heavy atom. The third-order valence-electron chi connectivity index (χ3n) is 4.64. The van der Waals surface area contributed by atoms with Gasteiger partial charge in [-0.3, -0.25) is 14.8 Å². The molecule has 0 saturated carbocycles. The molecule has 0 aliphatic rings. The van der Waals surface area contributed by atoms with Gasteiger partial charge in [-0.25, -0.2) is 5.48 Å². The van der Waals surface area contributed by atoms with Crippen LogP contribution in [0.5, 0.6) is 0 Å². The zero-order valence-electron chi connectivity index (χ0n) is 15.6. The summed E-state index contributed by atoms with van der Waals surface area (Å²) in [4.78, 5) is 24.1. The first kappa shape index (κ1) is 19.3. The van der Waals surface area contributed by atoms with E-state index in [-0.39, 0.29) is 11.9 Å². The van der Waals surface area contributed by atoms with E-state index in [4.69, 9.17) is 5.21 Å². The fraction of sp³-hybridized carbons (Fsp3) is 0.130. The molecule has 0 radical (unpaired) electrons. The highest BCUT2D eigenvalue weighted by molar-refractivity contribution is 5.95. The Kier molecular flexibility index (Phi) is 6.19. The first-order chi connectivity index (χ1) is 13.6. The molecule has 0 aliphatic heterocycles. The highest BCUT2D eigenvalue weighted by Gasteiger charge is 2.15. The summed E-state index contributed by atoms with van der Waals surface area (Å²) in [5.41, 5.74) is 5.60. The Labute approximate surface area is 164 Å². The minimum absolute atomic E-state index is 0.149. The fourth-order valence-corrected chi connectivity index (χ4v) is 3.04. The molecule has 0 fully saturated rings. The van der Waals surface area contributed by atoms with Crippen LogP contribution >= 0.6 is 0 Å². The fourth-order valence-electron chi connectivity index (χ4n) is 3.04. The molecule has 0 spiro atoms. The first-order valence-electron chi connectivity index (χ1n) is 9.13. The lowest BCUT2D eigenvalue weighted by atomic mass is 10.0. The van der Waals surface area contributed by atoms with E-state index in [2.05, 4.69) is 5.32 Å². The molecule has 28 heavy (non-hydrogen) atoms. The summed E-state index contributed by atoms with van der Waals surface area (Å²) in [5, 5.41) is 11.7. The molecule has 3 aromatic rings. The SMILES string of the molecule is CCC(NC(=O)c1ccc(-c2ccccc2)cc1)c1ccc(C(=O)NO)cc1. The molecule has 0 aromatic heterocycles. The summed E-state index contributed by atoms with van der Waals surface area (Å²) in [6.07, 6.45) is 0.708. The molecule has 142 valence electrons. The lowest BCUT2D eigenvalue weighted by molar-refractivity contribution is 0.0706. The van der Waals surface area contributed by atoms with E-state index >= 15 is 0 Å². The van der Waals surface area contributed by atoms with Crippen molar-refractivity contribution in [2.75, 3.05) is 0 Å². The number of hydrogen-bond acceptors (Lipinski definition) is 3. The van der Waals surface area contributed by atoms with Crippen LogP contribution in [0.1, 0.15) is 45.7 Å². The van der Waals surface area contributed by atoms with Crippen LogP contribution < -0.4 is 10.8 Å². The highest BCUT2D eigenvalue weighted by Crippen LogP contribution is 2.21. The quantitative estimate of drug-likeness (QED) is 0.443. The summed E-state index contributed by atoms with van der Waals surface area (Å²) in [6, 6.07) is 24.1. The molecule has 1 atom stereocenters. The molecular weight excluding hydrogens is 352 g/mol. The molecule has 0 saturated heterocycles. The second-order valence-corrected chi connectivity index (χ2v) is 6.44. The van der Waals surface area contributed by atoms with Gasteiger partial charge in [0.15, 0.2) is 0 Å². The van der Waals surface area contributed by atoms with Crippen LogP contribution in [0.2, 0.25) is 0 Å². The number of benzene rings is 3. The lowest BCUT2D eigenvalue weighted by Gasteiger charge is -2.18. The minimum Gasteiger partial charge on any atom is -0.345 e. The third kappa shape index (κ3) is 4.45. The number of hydroxylamine groups is 1. The third-order valence-corrected chi connectivity index (χ3v) is 4.64. The number of carbonyl (C=O) groups excluding carboxylic acids is 2. The average Bonchev–Trinajstić information content (AvgIpc) is 2.77. The number of amides is 2. The van der Waals surface area contributed by atoms with Crippen molar-refractivity contribution in [2.24, 2.45) is 0 Å². The van der Waals surface area contributed by atoms with Gasteiger partial charge in [-0.2, -0.15) is 0 Å². The van der Waals surface area contributed by atoms with E-state index in [0.717, 1.165) is 16.7 Å². The second kappa shape index (κ2) is 8.97. The zero-order chi connectivity index (χ0) is 19.9. The van der Waals surface area contributed by atoms with Gasteiger partial charge < -0.3 is 5.32 Å². The largest absolute Gasteiger partial charge is 0.345 e. The molecule has 5 nitrogen and oxygen atoms in total. The van der Waals surface area contributed by atoms with Crippen LogP contribution in [-0.4, -0.2) is 17.0 Å². The van der Waals surface area contributed by atoms with Crippen LogP contribution in [0.15, 0.2) is 78.9 Å². The summed E-state index contributed by atoms with van der Waals surface area (Å²) in [7, 11) is 0. The topological polar surface area (TPSA) is 78.4 Å². The molecule has 0 bridgehead atoms. The smallest absolute Gasteiger partial charge is 0.274 e.